The third kappa shape index (κ3) is 3.77. The van der Waals surface area contributed by atoms with E-state index in [2.05, 4.69) is 0 Å². The second-order valence-corrected chi connectivity index (χ2v) is 8.14. The molecule has 0 saturated heterocycles. The third-order valence-corrected chi connectivity index (χ3v) is 6.03. The number of rotatable bonds is 5. The molecule has 0 radical (unpaired) electrons. The first kappa shape index (κ1) is 23.5. The van der Waals surface area contributed by atoms with Gasteiger partial charge in [-0.15, -0.1) is 0 Å². The van der Waals surface area contributed by atoms with Crippen molar-refractivity contribution in [3.63, 3.8) is 0 Å². The molecule has 0 bridgehead atoms. The monoisotopic (exact) mass is 495 g/mol. The number of alkyl halides is 3. The van der Waals surface area contributed by atoms with Gasteiger partial charge < -0.3 is 13.9 Å². The third-order valence-electron chi connectivity index (χ3n) is 6.03. The summed E-state index contributed by atoms with van der Waals surface area (Å²) in [6, 6.07) is 14.7. The van der Waals surface area contributed by atoms with Gasteiger partial charge in [0.15, 0.2) is 16.9 Å². The van der Waals surface area contributed by atoms with Gasteiger partial charge in [0, 0.05) is 5.69 Å². The van der Waals surface area contributed by atoms with E-state index in [1.807, 2.05) is 6.92 Å². The molecule has 9 heteroatoms. The maximum Gasteiger partial charge on any atom is 0.416 e. The van der Waals surface area contributed by atoms with E-state index in [-0.39, 0.29) is 28.0 Å². The fraction of sp³-hybridized carbons (Fsp3) is 0.185. The van der Waals surface area contributed by atoms with E-state index in [9.17, 15) is 22.8 Å². The summed E-state index contributed by atoms with van der Waals surface area (Å²) >= 11 is 0. The molecule has 0 unspecified atom stereocenters. The van der Waals surface area contributed by atoms with E-state index in [1.165, 1.54) is 19.2 Å². The number of hydrogen-bond donors (Lipinski definition) is 0. The summed E-state index contributed by atoms with van der Waals surface area (Å²) in [6.45, 7) is 2.19. The molecule has 4 aromatic rings. The normalized spacial score (nSPS) is 15.3. The number of fused-ring (bicyclic) bond motifs is 2. The van der Waals surface area contributed by atoms with E-state index in [0.29, 0.717) is 23.7 Å². The van der Waals surface area contributed by atoms with Crippen molar-refractivity contribution in [3.8, 4) is 11.5 Å². The Balaban J connectivity index is 1.78. The number of benzene rings is 3. The molecule has 6 nitrogen and oxygen atoms in total. The number of hydrogen-bond acceptors (Lipinski definition) is 5. The van der Waals surface area contributed by atoms with Crippen LogP contribution in [0.2, 0.25) is 0 Å². The van der Waals surface area contributed by atoms with E-state index < -0.39 is 29.1 Å². The number of carbonyl (C=O) groups is 1. The molecule has 36 heavy (non-hydrogen) atoms. The Kier molecular flexibility index (Phi) is 5.70. The van der Waals surface area contributed by atoms with Crippen LogP contribution in [0.4, 0.5) is 18.9 Å². The maximum atomic E-state index is 13.6. The Morgan fingerprint density at radius 1 is 0.972 bits per heavy atom. The maximum absolute atomic E-state index is 13.6. The molecule has 0 spiro atoms. The summed E-state index contributed by atoms with van der Waals surface area (Å²) in [5.74, 6) is -0.132. The zero-order valence-electron chi connectivity index (χ0n) is 19.3. The van der Waals surface area contributed by atoms with Gasteiger partial charge in [0.1, 0.15) is 5.58 Å². The van der Waals surface area contributed by atoms with Crippen LogP contribution in [0.3, 0.4) is 0 Å². The van der Waals surface area contributed by atoms with E-state index in [1.54, 1.807) is 42.5 Å². The number of amides is 1. The van der Waals surface area contributed by atoms with Crippen molar-refractivity contribution in [1.82, 2.24) is 0 Å². The molecule has 2 heterocycles. The van der Waals surface area contributed by atoms with E-state index >= 15 is 0 Å². The smallest absolute Gasteiger partial charge is 0.416 e. The van der Waals surface area contributed by atoms with Crippen LogP contribution in [0.5, 0.6) is 11.5 Å². The Labute approximate surface area is 203 Å². The Bertz CT molecular complexity index is 1540. The molecule has 0 saturated carbocycles. The average Bonchev–Trinajstić information content (AvgIpc) is 3.16. The van der Waals surface area contributed by atoms with Crippen LogP contribution in [-0.4, -0.2) is 19.6 Å². The Morgan fingerprint density at radius 3 is 2.47 bits per heavy atom. The second kappa shape index (κ2) is 8.75. The Hall–Kier alpha value is -4.27. The lowest BCUT2D eigenvalue weighted by Gasteiger charge is -2.26. The average molecular weight is 495 g/mol. The van der Waals surface area contributed by atoms with Gasteiger partial charge >= 0.3 is 6.18 Å². The van der Waals surface area contributed by atoms with Crippen molar-refractivity contribution < 1.29 is 31.9 Å². The summed E-state index contributed by atoms with van der Waals surface area (Å²) in [5.41, 5.74) is -0.681. The molecular formula is C27H20F3NO5. The molecule has 0 N–H and O–H groups in total. The lowest BCUT2D eigenvalue weighted by molar-refractivity contribution is -0.137. The van der Waals surface area contributed by atoms with Crippen LogP contribution in [-0.2, 0) is 6.18 Å². The van der Waals surface area contributed by atoms with Crippen LogP contribution >= 0.6 is 0 Å². The van der Waals surface area contributed by atoms with Gasteiger partial charge in [0.25, 0.3) is 5.91 Å². The van der Waals surface area contributed by atoms with Crippen LogP contribution < -0.4 is 19.8 Å². The van der Waals surface area contributed by atoms with Crippen molar-refractivity contribution in [2.45, 2.75) is 19.1 Å². The zero-order valence-corrected chi connectivity index (χ0v) is 19.3. The van der Waals surface area contributed by atoms with Gasteiger partial charge in [-0.1, -0.05) is 24.3 Å². The molecule has 0 fully saturated rings. The quantitative estimate of drug-likeness (QED) is 0.341. The van der Waals surface area contributed by atoms with Crippen LogP contribution in [0, 0.1) is 0 Å². The molecule has 1 amide bonds. The van der Waals surface area contributed by atoms with Gasteiger partial charge in [-0.2, -0.15) is 13.2 Å². The molecule has 1 aliphatic heterocycles. The topological polar surface area (TPSA) is 69.0 Å². The molecule has 1 aromatic heterocycles. The largest absolute Gasteiger partial charge is 0.493 e. The van der Waals surface area contributed by atoms with Gasteiger partial charge in [-0.25, -0.2) is 0 Å². The molecule has 1 atom stereocenters. The Morgan fingerprint density at radius 2 is 1.75 bits per heavy atom. The van der Waals surface area contributed by atoms with Crippen molar-refractivity contribution in [3.05, 3.63) is 99.4 Å². The van der Waals surface area contributed by atoms with Crippen molar-refractivity contribution in [2.75, 3.05) is 18.6 Å². The lowest BCUT2D eigenvalue weighted by atomic mass is 9.97. The first-order valence-electron chi connectivity index (χ1n) is 11.1. The van der Waals surface area contributed by atoms with Gasteiger partial charge in [-0.3, -0.25) is 14.5 Å². The van der Waals surface area contributed by atoms with Crippen molar-refractivity contribution in [1.29, 1.82) is 0 Å². The number of halogens is 3. The van der Waals surface area contributed by atoms with E-state index in [4.69, 9.17) is 13.9 Å². The minimum atomic E-state index is -4.62. The number of anilines is 1. The first-order valence-corrected chi connectivity index (χ1v) is 11.1. The van der Waals surface area contributed by atoms with Crippen LogP contribution in [0.15, 0.2) is 75.9 Å². The number of nitrogens with zero attached hydrogens (tertiary/aromatic N) is 1. The standard InChI is InChI=1S/C27H20F3NO5/c1-3-35-20-12-11-15(13-21(20)34-2)23-22-24(32)18-9-4-5-10-19(18)36-25(22)26(33)31(23)17-8-6-7-16(14-17)27(28,29)30/h4-14,23H,3H2,1-2H3/t23-/m1/s1. The lowest BCUT2D eigenvalue weighted by Crippen LogP contribution is -2.29. The SMILES string of the molecule is CCOc1ccc([C@@H]2c3c(oc4ccccc4c3=O)C(=O)N2c2cccc(C(F)(F)F)c2)cc1OC. The highest BCUT2D eigenvalue weighted by atomic mass is 19.4. The fourth-order valence-corrected chi connectivity index (χ4v) is 4.46. The summed E-state index contributed by atoms with van der Waals surface area (Å²) in [4.78, 5) is 28.4. The molecule has 3 aromatic carbocycles. The first-order chi connectivity index (χ1) is 17.2. The summed E-state index contributed by atoms with van der Waals surface area (Å²) < 4.78 is 57.4. The zero-order chi connectivity index (χ0) is 25.6. The van der Waals surface area contributed by atoms with Gasteiger partial charge in [-0.05, 0) is 55.0 Å². The highest BCUT2D eigenvalue weighted by Crippen LogP contribution is 2.44. The minimum Gasteiger partial charge on any atom is -0.493 e. The van der Waals surface area contributed by atoms with Crippen LogP contribution in [0.25, 0.3) is 11.0 Å². The number of ether oxygens (including phenoxy) is 2. The minimum absolute atomic E-state index is 0.0254. The highest BCUT2D eigenvalue weighted by molar-refractivity contribution is 6.10. The van der Waals surface area contributed by atoms with Crippen LogP contribution in [0.1, 0.15) is 40.2 Å². The van der Waals surface area contributed by atoms with Crippen molar-refractivity contribution >= 4 is 22.6 Å². The van der Waals surface area contributed by atoms with Gasteiger partial charge in [0.2, 0.25) is 5.76 Å². The summed E-state index contributed by atoms with van der Waals surface area (Å²) in [5, 5.41) is 0.262. The van der Waals surface area contributed by atoms with E-state index in [0.717, 1.165) is 17.0 Å². The molecular weight excluding hydrogens is 475 g/mol. The highest BCUT2D eigenvalue weighted by Gasteiger charge is 2.44. The molecule has 5 rings (SSSR count). The predicted octanol–water partition coefficient (Wildman–Crippen LogP) is 5.97. The van der Waals surface area contributed by atoms with Crippen molar-refractivity contribution in [2.24, 2.45) is 0 Å². The summed E-state index contributed by atoms with van der Waals surface area (Å²) in [6.07, 6.45) is -4.62. The fourth-order valence-electron chi connectivity index (χ4n) is 4.46. The molecule has 184 valence electrons. The molecule has 1 aliphatic rings. The number of para-hydroxylation sites is 1. The predicted molar refractivity (Wildman–Crippen MR) is 127 cm³/mol. The summed E-state index contributed by atoms with van der Waals surface area (Å²) in [7, 11) is 1.45. The number of methoxy groups -OCH3 is 1. The molecule has 0 aliphatic carbocycles. The second-order valence-electron chi connectivity index (χ2n) is 8.14. The van der Waals surface area contributed by atoms with Gasteiger partial charge in [0.05, 0.1) is 36.3 Å². The number of carbonyl (C=O) groups excluding carboxylic acids is 1.